The van der Waals surface area contributed by atoms with Crippen LogP contribution >= 0.6 is 23.2 Å². The molecule has 1 aromatic carbocycles. The summed E-state index contributed by atoms with van der Waals surface area (Å²) < 4.78 is 0. The Balaban J connectivity index is 1.53. The molecule has 27 heavy (non-hydrogen) atoms. The summed E-state index contributed by atoms with van der Waals surface area (Å²) in [5, 5.41) is 13.4. The molecule has 0 radical (unpaired) electrons. The fraction of sp³-hybridized carbons (Fsp3) is 0.300. The summed E-state index contributed by atoms with van der Waals surface area (Å²) in [6.07, 6.45) is 6.12. The van der Waals surface area contributed by atoms with Crippen LogP contribution in [0.3, 0.4) is 0 Å². The zero-order valence-corrected chi connectivity index (χ0v) is 16.2. The Morgan fingerprint density at radius 2 is 2.00 bits per heavy atom. The predicted octanol–water partition coefficient (Wildman–Crippen LogP) is 4.56. The van der Waals surface area contributed by atoms with E-state index < -0.39 is 5.97 Å². The molecule has 1 fully saturated rings. The van der Waals surface area contributed by atoms with Gasteiger partial charge in [0.1, 0.15) is 5.82 Å². The third-order valence-corrected chi connectivity index (χ3v) is 5.22. The second-order valence-corrected chi connectivity index (χ2v) is 7.37. The predicted molar refractivity (Wildman–Crippen MR) is 109 cm³/mol. The van der Waals surface area contributed by atoms with Gasteiger partial charge in [0.05, 0.1) is 5.02 Å². The molecule has 142 valence electrons. The van der Waals surface area contributed by atoms with Gasteiger partial charge in [0.25, 0.3) is 0 Å². The van der Waals surface area contributed by atoms with Gasteiger partial charge in [-0.25, -0.2) is 9.78 Å². The second-order valence-electron chi connectivity index (χ2n) is 6.56. The lowest BCUT2D eigenvalue weighted by Crippen LogP contribution is -2.38. The van der Waals surface area contributed by atoms with Crippen LogP contribution in [0, 0.1) is 0 Å². The topological polar surface area (TPSA) is 65.5 Å². The summed E-state index contributed by atoms with van der Waals surface area (Å²) in [6, 6.07) is 9.96. The summed E-state index contributed by atoms with van der Waals surface area (Å²) >= 11 is 12.5. The minimum absolute atomic E-state index is 0.304. The lowest BCUT2D eigenvalue weighted by molar-refractivity contribution is -0.131. The normalized spacial score (nSPS) is 15.9. The first-order valence-electron chi connectivity index (χ1n) is 8.80. The molecule has 1 aliphatic rings. The summed E-state index contributed by atoms with van der Waals surface area (Å²) in [4.78, 5) is 17.3. The van der Waals surface area contributed by atoms with Crippen LogP contribution in [0.1, 0.15) is 24.0 Å². The minimum Gasteiger partial charge on any atom is -0.478 e. The first-order chi connectivity index (χ1) is 13.0. The Kier molecular flexibility index (Phi) is 6.72. The fourth-order valence-corrected chi connectivity index (χ4v) is 3.54. The van der Waals surface area contributed by atoms with Crippen LogP contribution in [0.2, 0.25) is 10.0 Å². The molecule has 7 heteroatoms. The molecule has 0 saturated carbocycles. The molecular formula is C20H21Cl2N3O2. The number of rotatable bonds is 6. The van der Waals surface area contributed by atoms with Crippen molar-refractivity contribution in [1.29, 1.82) is 0 Å². The third-order valence-electron chi connectivity index (χ3n) is 4.56. The number of piperidine rings is 1. The molecule has 0 bridgehead atoms. The molecule has 1 saturated heterocycles. The lowest BCUT2D eigenvalue weighted by atomic mass is 10.0. The highest BCUT2D eigenvalue weighted by Crippen LogP contribution is 2.25. The number of nitrogens with zero attached hydrogens (tertiary/aromatic N) is 2. The van der Waals surface area contributed by atoms with E-state index >= 15 is 0 Å². The van der Waals surface area contributed by atoms with E-state index in [0.29, 0.717) is 22.4 Å². The number of pyridine rings is 1. The van der Waals surface area contributed by atoms with Gasteiger partial charge in [-0.3, -0.25) is 4.90 Å². The standard InChI is InChI=1S/C20H21Cl2N3O2/c21-17-4-2-1-3-15(17)13-25-9-7-16(8-10-25)24-20-18(22)11-14(12-23-20)5-6-19(26)27/h1-6,11-12,16H,7-10,13H2,(H,23,24)(H,26,27)/b6-5+. The lowest BCUT2D eigenvalue weighted by Gasteiger charge is -2.33. The van der Waals surface area contributed by atoms with Crippen LogP contribution < -0.4 is 5.32 Å². The quantitative estimate of drug-likeness (QED) is 0.689. The number of benzene rings is 1. The largest absolute Gasteiger partial charge is 0.478 e. The molecule has 1 aliphatic heterocycles. The van der Waals surface area contributed by atoms with Gasteiger partial charge >= 0.3 is 5.97 Å². The second kappa shape index (κ2) is 9.22. The van der Waals surface area contributed by atoms with Crippen molar-refractivity contribution in [2.75, 3.05) is 18.4 Å². The molecule has 2 heterocycles. The number of halogens is 2. The maximum absolute atomic E-state index is 10.6. The van der Waals surface area contributed by atoms with E-state index in [0.717, 1.165) is 49.1 Å². The van der Waals surface area contributed by atoms with Gasteiger partial charge in [-0.1, -0.05) is 41.4 Å². The van der Waals surface area contributed by atoms with E-state index in [2.05, 4.69) is 21.3 Å². The molecule has 0 spiro atoms. The molecule has 2 N–H and O–H groups in total. The zero-order valence-electron chi connectivity index (χ0n) is 14.7. The molecule has 3 rings (SSSR count). The minimum atomic E-state index is -1.00. The smallest absolute Gasteiger partial charge is 0.328 e. The zero-order chi connectivity index (χ0) is 19.2. The highest BCUT2D eigenvalue weighted by atomic mass is 35.5. The van der Waals surface area contributed by atoms with Crippen LogP contribution in [0.4, 0.5) is 5.82 Å². The average molecular weight is 406 g/mol. The van der Waals surface area contributed by atoms with Crippen molar-refractivity contribution in [2.24, 2.45) is 0 Å². The van der Waals surface area contributed by atoms with Crippen molar-refractivity contribution in [3.63, 3.8) is 0 Å². The molecule has 1 aromatic heterocycles. The number of carboxylic acid groups (broad SMARTS) is 1. The third kappa shape index (κ3) is 5.70. The van der Waals surface area contributed by atoms with Crippen molar-refractivity contribution in [3.05, 3.63) is 63.8 Å². The Hall–Kier alpha value is -2.08. The average Bonchev–Trinajstić information content (AvgIpc) is 2.65. The van der Waals surface area contributed by atoms with Crippen LogP contribution in [0.15, 0.2) is 42.6 Å². The highest BCUT2D eigenvalue weighted by Gasteiger charge is 2.20. The molecule has 0 amide bonds. The Labute approximate surface area is 168 Å². The number of hydrogen-bond acceptors (Lipinski definition) is 4. The van der Waals surface area contributed by atoms with Crippen LogP contribution in [0.5, 0.6) is 0 Å². The molecule has 5 nitrogen and oxygen atoms in total. The van der Waals surface area contributed by atoms with Crippen molar-refractivity contribution >= 4 is 41.1 Å². The summed E-state index contributed by atoms with van der Waals surface area (Å²) in [5.74, 6) is -0.370. The number of aromatic nitrogens is 1. The number of carboxylic acids is 1. The number of likely N-dealkylation sites (tertiary alicyclic amines) is 1. The van der Waals surface area contributed by atoms with E-state index in [-0.39, 0.29) is 0 Å². The maximum Gasteiger partial charge on any atom is 0.328 e. The number of hydrogen-bond donors (Lipinski definition) is 2. The van der Waals surface area contributed by atoms with Gasteiger partial charge in [-0.05, 0) is 42.2 Å². The van der Waals surface area contributed by atoms with E-state index in [9.17, 15) is 4.79 Å². The highest BCUT2D eigenvalue weighted by molar-refractivity contribution is 6.33. The van der Waals surface area contributed by atoms with Gasteiger partial charge in [0, 0.05) is 43.0 Å². The SMILES string of the molecule is O=C(O)/C=C/c1cnc(NC2CCN(Cc3ccccc3Cl)CC2)c(Cl)c1. The van der Waals surface area contributed by atoms with Gasteiger partial charge < -0.3 is 10.4 Å². The van der Waals surface area contributed by atoms with Crippen LogP contribution in [-0.2, 0) is 11.3 Å². The molecule has 0 aliphatic carbocycles. The van der Waals surface area contributed by atoms with Gasteiger partial charge in [-0.2, -0.15) is 0 Å². The van der Waals surface area contributed by atoms with Crippen molar-refractivity contribution < 1.29 is 9.90 Å². The van der Waals surface area contributed by atoms with Gasteiger partial charge in [0.15, 0.2) is 0 Å². The number of carbonyl (C=O) groups is 1. The van der Waals surface area contributed by atoms with E-state index in [1.807, 2.05) is 18.2 Å². The molecule has 0 unspecified atom stereocenters. The first kappa shape index (κ1) is 19.7. The maximum atomic E-state index is 10.6. The van der Waals surface area contributed by atoms with E-state index in [1.165, 1.54) is 6.08 Å². The molecule has 0 atom stereocenters. The van der Waals surface area contributed by atoms with Crippen molar-refractivity contribution in [3.8, 4) is 0 Å². The van der Waals surface area contributed by atoms with Crippen LogP contribution in [0.25, 0.3) is 6.08 Å². The van der Waals surface area contributed by atoms with Crippen molar-refractivity contribution in [1.82, 2.24) is 9.88 Å². The van der Waals surface area contributed by atoms with E-state index in [1.54, 1.807) is 12.3 Å². The van der Waals surface area contributed by atoms with Gasteiger partial charge in [-0.15, -0.1) is 0 Å². The monoisotopic (exact) mass is 405 g/mol. The van der Waals surface area contributed by atoms with Crippen molar-refractivity contribution in [2.45, 2.75) is 25.4 Å². The van der Waals surface area contributed by atoms with Crippen LogP contribution in [-0.4, -0.2) is 40.1 Å². The number of aliphatic carboxylic acids is 1. The number of nitrogens with one attached hydrogen (secondary N) is 1. The van der Waals surface area contributed by atoms with E-state index in [4.69, 9.17) is 28.3 Å². The Bertz CT molecular complexity index is 834. The number of anilines is 1. The molecular weight excluding hydrogens is 385 g/mol. The Morgan fingerprint density at radius 3 is 2.67 bits per heavy atom. The summed E-state index contributed by atoms with van der Waals surface area (Å²) in [5.41, 5.74) is 1.81. The van der Waals surface area contributed by atoms with Gasteiger partial charge in [0.2, 0.25) is 0 Å². The molecule has 2 aromatic rings. The fourth-order valence-electron chi connectivity index (χ4n) is 3.11. The summed E-state index contributed by atoms with van der Waals surface area (Å²) in [7, 11) is 0. The summed E-state index contributed by atoms with van der Waals surface area (Å²) in [6.45, 7) is 2.80. The Morgan fingerprint density at radius 1 is 1.26 bits per heavy atom. The first-order valence-corrected chi connectivity index (χ1v) is 9.55.